The van der Waals surface area contributed by atoms with Gasteiger partial charge in [-0.05, 0) is 31.6 Å². The first-order valence-electron chi connectivity index (χ1n) is 7.09. The van der Waals surface area contributed by atoms with Gasteiger partial charge < -0.3 is 9.84 Å². The molecule has 1 atom stereocenters. The Labute approximate surface area is 108 Å². The Morgan fingerprint density at radius 3 is 2.50 bits per heavy atom. The molecule has 4 nitrogen and oxygen atoms in total. The molecule has 4 rings (SSSR count). The molecule has 0 aromatic rings. The van der Waals surface area contributed by atoms with Gasteiger partial charge in [0.2, 0.25) is 0 Å². The van der Waals surface area contributed by atoms with Crippen LogP contribution in [0.1, 0.15) is 32.1 Å². The lowest BCUT2D eigenvalue weighted by atomic mass is 9.53. The monoisotopic (exact) mass is 253 g/mol. The van der Waals surface area contributed by atoms with Gasteiger partial charge in [-0.1, -0.05) is 6.42 Å². The average Bonchev–Trinajstić information content (AvgIpc) is 2.33. The van der Waals surface area contributed by atoms with Crippen LogP contribution in [-0.2, 0) is 9.53 Å². The molecule has 1 unspecified atom stereocenters. The lowest BCUT2D eigenvalue weighted by Gasteiger charge is -2.60. The second-order valence-corrected chi connectivity index (χ2v) is 6.22. The third-order valence-electron chi connectivity index (χ3n) is 5.67. The van der Waals surface area contributed by atoms with Gasteiger partial charge >= 0.3 is 0 Å². The number of rotatable bonds is 4. The Morgan fingerprint density at radius 1 is 1.39 bits per heavy atom. The quantitative estimate of drug-likeness (QED) is 0.806. The number of piperidine rings is 3. The first-order valence-corrected chi connectivity index (χ1v) is 7.09. The zero-order valence-corrected chi connectivity index (χ0v) is 11.2. The van der Waals surface area contributed by atoms with Crippen molar-refractivity contribution in [3.8, 4) is 0 Å². The fraction of sp³-hybridized carbons (Fsp3) is 0.929. The second kappa shape index (κ2) is 4.29. The van der Waals surface area contributed by atoms with E-state index in [9.17, 15) is 9.90 Å². The molecule has 0 amide bonds. The molecule has 3 aliphatic heterocycles. The van der Waals surface area contributed by atoms with Crippen molar-refractivity contribution in [3.63, 3.8) is 0 Å². The van der Waals surface area contributed by atoms with Crippen LogP contribution in [0.5, 0.6) is 0 Å². The highest BCUT2D eigenvalue weighted by Crippen LogP contribution is 2.55. The second-order valence-electron chi connectivity index (χ2n) is 6.22. The predicted molar refractivity (Wildman–Crippen MR) is 67.3 cm³/mol. The highest BCUT2D eigenvalue weighted by Gasteiger charge is 2.63. The lowest BCUT2D eigenvalue weighted by Crippen LogP contribution is -2.74. The molecule has 1 N–H and O–H groups in total. The zero-order valence-electron chi connectivity index (χ0n) is 11.2. The Bertz CT molecular complexity index is 338. The van der Waals surface area contributed by atoms with Crippen molar-refractivity contribution in [1.82, 2.24) is 4.90 Å². The van der Waals surface area contributed by atoms with E-state index in [4.69, 9.17) is 4.74 Å². The summed E-state index contributed by atoms with van der Waals surface area (Å²) in [6.45, 7) is 2.10. The third-order valence-corrected chi connectivity index (χ3v) is 5.67. The molecule has 1 aliphatic carbocycles. The number of ether oxygens (including phenoxy) is 1. The minimum atomic E-state index is -0.749. The molecule has 4 fully saturated rings. The van der Waals surface area contributed by atoms with Crippen molar-refractivity contribution in [1.29, 1.82) is 0 Å². The van der Waals surface area contributed by atoms with Crippen LogP contribution in [0.2, 0.25) is 0 Å². The normalized spacial score (nSPS) is 44.1. The van der Waals surface area contributed by atoms with Gasteiger partial charge in [-0.2, -0.15) is 0 Å². The van der Waals surface area contributed by atoms with E-state index in [1.807, 2.05) is 0 Å². The molecule has 3 heterocycles. The van der Waals surface area contributed by atoms with Crippen LogP contribution in [0.25, 0.3) is 0 Å². The number of Topliss-reactive ketones (excluding diaryl/α,β-unsaturated/α-hetero) is 1. The standard InChI is InChI=1S/C14H23NO3/c1-18-10-14(9-16)12(17)13(11-3-2-4-11)5-7-15(14)8-6-13/h11,16H,2-10H2,1H3. The largest absolute Gasteiger partial charge is 0.394 e. The summed E-state index contributed by atoms with van der Waals surface area (Å²) in [5.74, 6) is 0.830. The molecule has 0 aromatic carbocycles. The molecule has 2 bridgehead atoms. The van der Waals surface area contributed by atoms with Gasteiger partial charge in [0.1, 0.15) is 5.54 Å². The summed E-state index contributed by atoms with van der Waals surface area (Å²) in [4.78, 5) is 15.2. The smallest absolute Gasteiger partial charge is 0.164 e. The van der Waals surface area contributed by atoms with Gasteiger partial charge in [-0.3, -0.25) is 9.69 Å². The summed E-state index contributed by atoms with van der Waals surface area (Å²) in [6, 6.07) is 0. The first-order chi connectivity index (χ1) is 8.69. The number of ketones is 1. The molecule has 4 heteroatoms. The van der Waals surface area contributed by atoms with E-state index in [1.54, 1.807) is 7.11 Å². The van der Waals surface area contributed by atoms with Crippen LogP contribution in [0, 0.1) is 11.3 Å². The summed E-state index contributed by atoms with van der Waals surface area (Å²) in [5.41, 5.74) is -0.894. The topological polar surface area (TPSA) is 49.8 Å². The maximum Gasteiger partial charge on any atom is 0.164 e. The van der Waals surface area contributed by atoms with Crippen LogP contribution in [0.4, 0.5) is 0 Å². The number of aliphatic hydroxyl groups is 1. The van der Waals surface area contributed by atoms with E-state index in [1.165, 1.54) is 19.3 Å². The van der Waals surface area contributed by atoms with Gasteiger partial charge in [0.15, 0.2) is 5.78 Å². The van der Waals surface area contributed by atoms with Crippen LogP contribution >= 0.6 is 0 Å². The van der Waals surface area contributed by atoms with Crippen molar-refractivity contribution < 1.29 is 14.6 Å². The van der Waals surface area contributed by atoms with Crippen LogP contribution in [0.15, 0.2) is 0 Å². The van der Waals surface area contributed by atoms with Crippen molar-refractivity contribution >= 4 is 5.78 Å². The number of hydrogen-bond acceptors (Lipinski definition) is 4. The average molecular weight is 253 g/mol. The van der Waals surface area contributed by atoms with E-state index >= 15 is 0 Å². The van der Waals surface area contributed by atoms with Gasteiger partial charge in [0.05, 0.1) is 13.2 Å². The van der Waals surface area contributed by atoms with Crippen molar-refractivity contribution in [2.75, 3.05) is 33.4 Å². The molecule has 0 spiro atoms. The summed E-state index contributed by atoms with van der Waals surface area (Å²) in [7, 11) is 1.62. The van der Waals surface area contributed by atoms with E-state index in [0.717, 1.165) is 25.9 Å². The summed E-state index contributed by atoms with van der Waals surface area (Å²) >= 11 is 0. The Hall–Kier alpha value is -0.450. The van der Waals surface area contributed by atoms with Gasteiger partial charge in [-0.25, -0.2) is 0 Å². The summed E-state index contributed by atoms with van der Waals surface area (Å²) < 4.78 is 5.25. The number of carbonyl (C=O) groups excluding carboxylic acids is 1. The third kappa shape index (κ3) is 1.40. The fourth-order valence-corrected chi connectivity index (χ4v) is 4.34. The van der Waals surface area contributed by atoms with Crippen LogP contribution in [0.3, 0.4) is 0 Å². The Morgan fingerprint density at radius 2 is 2.06 bits per heavy atom. The molecular weight excluding hydrogens is 230 g/mol. The number of aliphatic hydroxyl groups excluding tert-OH is 1. The van der Waals surface area contributed by atoms with Gasteiger partial charge in [-0.15, -0.1) is 0 Å². The highest BCUT2D eigenvalue weighted by atomic mass is 16.5. The molecule has 18 heavy (non-hydrogen) atoms. The van der Waals surface area contributed by atoms with E-state index in [2.05, 4.69) is 4.90 Å². The lowest BCUT2D eigenvalue weighted by molar-refractivity contribution is -0.181. The minimum Gasteiger partial charge on any atom is -0.394 e. The number of nitrogens with zero attached hydrogens (tertiary/aromatic N) is 1. The van der Waals surface area contributed by atoms with Crippen molar-refractivity contribution in [3.05, 3.63) is 0 Å². The maximum absolute atomic E-state index is 13.0. The minimum absolute atomic E-state index is 0.103. The van der Waals surface area contributed by atoms with Crippen LogP contribution < -0.4 is 0 Å². The number of hydrogen-bond donors (Lipinski definition) is 1. The predicted octanol–water partition coefficient (Wildman–Crippen LogP) is 0.829. The molecule has 1 saturated carbocycles. The first kappa shape index (κ1) is 12.6. The Balaban J connectivity index is 1.95. The van der Waals surface area contributed by atoms with Gasteiger partial charge in [0, 0.05) is 25.6 Å². The SMILES string of the molecule is COCC1(CO)C(=O)C2(C3CCC3)CCN1CC2. The number of fused-ring (bicyclic) bond motifs is 3. The summed E-state index contributed by atoms with van der Waals surface area (Å²) in [6.07, 6.45) is 5.63. The highest BCUT2D eigenvalue weighted by molar-refractivity contribution is 5.96. The van der Waals surface area contributed by atoms with E-state index < -0.39 is 5.54 Å². The molecule has 3 saturated heterocycles. The van der Waals surface area contributed by atoms with Crippen molar-refractivity contribution in [2.45, 2.75) is 37.6 Å². The molecule has 4 aliphatic rings. The molecule has 0 radical (unpaired) electrons. The number of carbonyl (C=O) groups is 1. The zero-order chi connectivity index (χ0) is 12.8. The molecule has 102 valence electrons. The number of methoxy groups -OCH3 is 1. The summed E-state index contributed by atoms with van der Waals surface area (Å²) in [5, 5.41) is 9.81. The van der Waals surface area contributed by atoms with Crippen molar-refractivity contribution in [2.24, 2.45) is 11.3 Å². The fourth-order valence-electron chi connectivity index (χ4n) is 4.34. The Kier molecular flexibility index (Phi) is 3.00. The van der Waals surface area contributed by atoms with Crippen LogP contribution in [-0.4, -0.2) is 54.7 Å². The molecular formula is C14H23NO3. The van der Waals surface area contributed by atoms with Gasteiger partial charge in [0.25, 0.3) is 0 Å². The molecule has 0 aromatic heterocycles. The van der Waals surface area contributed by atoms with E-state index in [-0.39, 0.29) is 17.8 Å². The maximum atomic E-state index is 13.0. The van der Waals surface area contributed by atoms with E-state index in [0.29, 0.717) is 12.5 Å².